The lowest BCUT2D eigenvalue weighted by atomic mass is 9.94. The van der Waals surface area contributed by atoms with Crippen LogP contribution in [0.25, 0.3) is 0 Å². The Balaban J connectivity index is 2.94. The van der Waals surface area contributed by atoms with Gasteiger partial charge in [0.25, 0.3) is 0 Å². The van der Waals surface area contributed by atoms with Gasteiger partial charge in [-0.15, -0.1) is 0 Å². The van der Waals surface area contributed by atoms with Gasteiger partial charge in [-0.05, 0) is 30.0 Å². The van der Waals surface area contributed by atoms with Crippen LogP contribution in [0.2, 0.25) is 0 Å². The molecule has 1 aromatic carbocycles. The maximum absolute atomic E-state index is 12.1. The largest absolute Gasteiger partial charge is 0.495 e. The molecule has 5 nitrogen and oxygen atoms in total. The van der Waals surface area contributed by atoms with Gasteiger partial charge in [0.05, 0.1) is 18.6 Å². The van der Waals surface area contributed by atoms with Gasteiger partial charge in [-0.3, -0.25) is 4.72 Å². The van der Waals surface area contributed by atoms with Gasteiger partial charge in [0.2, 0.25) is 10.0 Å². The molecule has 0 unspecified atom stereocenters. The lowest BCUT2D eigenvalue weighted by Gasteiger charge is -2.19. The van der Waals surface area contributed by atoms with E-state index in [1.54, 1.807) is 18.2 Å². The monoisotopic (exact) mass is 330 g/mol. The van der Waals surface area contributed by atoms with Gasteiger partial charge in [0, 0.05) is 5.56 Å². The molecule has 1 aromatic rings. The van der Waals surface area contributed by atoms with Crippen molar-refractivity contribution in [1.82, 2.24) is 0 Å². The molecule has 0 radical (unpaired) electrons. The van der Waals surface area contributed by atoms with Crippen molar-refractivity contribution in [1.29, 1.82) is 0 Å². The zero-order valence-electron chi connectivity index (χ0n) is 12.8. The zero-order chi connectivity index (χ0) is 16.3. The summed E-state index contributed by atoms with van der Waals surface area (Å²) in [5, 5.41) is 0. The number of anilines is 1. The summed E-state index contributed by atoms with van der Waals surface area (Å²) in [5.74, 6) is 0.441. The number of sulfonamides is 1. The van der Waals surface area contributed by atoms with E-state index in [1.807, 2.05) is 20.8 Å². The summed E-state index contributed by atoms with van der Waals surface area (Å²) in [7, 11) is -1.96. The fourth-order valence-electron chi connectivity index (χ4n) is 1.59. The Hall–Kier alpha value is -1.34. The summed E-state index contributed by atoms with van der Waals surface area (Å²) in [6.45, 7) is 6.00. The predicted molar refractivity (Wildman–Crippen MR) is 90.4 cm³/mol. The van der Waals surface area contributed by atoms with E-state index in [4.69, 9.17) is 22.7 Å². The second-order valence-corrected chi connectivity index (χ2v) is 8.29. The van der Waals surface area contributed by atoms with Crippen molar-refractivity contribution in [2.75, 3.05) is 17.6 Å². The number of hydrogen-bond acceptors (Lipinski definition) is 4. The highest BCUT2D eigenvalue weighted by molar-refractivity contribution is 7.92. The lowest BCUT2D eigenvalue weighted by molar-refractivity contribution is 0.397. The number of thiocarbonyl (C=S) groups is 1. The maximum Gasteiger partial charge on any atom is 0.232 e. The van der Waals surface area contributed by atoms with Crippen molar-refractivity contribution in [3.63, 3.8) is 0 Å². The van der Waals surface area contributed by atoms with Crippen LogP contribution in [0.1, 0.15) is 32.8 Å². The van der Waals surface area contributed by atoms with Gasteiger partial charge in [-0.1, -0.05) is 33.0 Å². The highest BCUT2D eigenvalue weighted by atomic mass is 32.2. The van der Waals surface area contributed by atoms with Crippen molar-refractivity contribution in [2.24, 2.45) is 11.1 Å². The fourth-order valence-corrected chi connectivity index (χ4v) is 3.20. The zero-order valence-corrected chi connectivity index (χ0v) is 14.4. The van der Waals surface area contributed by atoms with Gasteiger partial charge >= 0.3 is 0 Å². The van der Waals surface area contributed by atoms with Crippen LogP contribution in [0, 0.1) is 5.41 Å². The van der Waals surface area contributed by atoms with Crippen LogP contribution < -0.4 is 15.2 Å². The molecule has 3 N–H and O–H groups in total. The summed E-state index contributed by atoms with van der Waals surface area (Å²) < 4.78 is 32.0. The minimum Gasteiger partial charge on any atom is -0.495 e. The quantitative estimate of drug-likeness (QED) is 0.783. The molecule has 0 heterocycles. The second kappa shape index (κ2) is 6.62. The summed E-state index contributed by atoms with van der Waals surface area (Å²) >= 11 is 4.89. The van der Waals surface area contributed by atoms with Crippen molar-refractivity contribution < 1.29 is 13.2 Å². The molecule has 0 fully saturated rings. The van der Waals surface area contributed by atoms with Crippen LogP contribution in [-0.4, -0.2) is 26.3 Å². The van der Waals surface area contributed by atoms with E-state index in [9.17, 15) is 8.42 Å². The van der Waals surface area contributed by atoms with Gasteiger partial charge in [-0.2, -0.15) is 0 Å². The number of benzene rings is 1. The van der Waals surface area contributed by atoms with Crippen molar-refractivity contribution in [3.05, 3.63) is 23.8 Å². The van der Waals surface area contributed by atoms with E-state index in [2.05, 4.69) is 4.72 Å². The molecule has 0 amide bonds. The Labute approximate surface area is 131 Å². The van der Waals surface area contributed by atoms with Gasteiger partial charge in [0.1, 0.15) is 10.7 Å². The summed E-state index contributed by atoms with van der Waals surface area (Å²) in [4.78, 5) is 0.232. The highest BCUT2D eigenvalue weighted by Crippen LogP contribution is 2.27. The van der Waals surface area contributed by atoms with E-state index in [0.717, 1.165) is 0 Å². The molecule has 0 atom stereocenters. The molecule has 0 spiro atoms. The van der Waals surface area contributed by atoms with Gasteiger partial charge in [0.15, 0.2) is 0 Å². The Morgan fingerprint density at radius 1 is 1.38 bits per heavy atom. The smallest absolute Gasteiger partial charge is 0.232 e. The Morgan fingerprint density at radius 2 is 2.00 bits per heavy atom. The molecule has 0 aliphatic heterocycles. The second-order valence-electron chi connectivity index (χ2n) is 6.01. The number of nitrogens with one attached hydrogen (secondary N) is 1. The Morgan fingerprint density at radius 3 is 2.48 bits per heavy atom. The first-order valence-corrected chi connectivity index (χ1v) is 8.58. The third kappa shape index (κ3) is 5.89. The van der Waals surface area contributed by atoms with E-state index >= 15 is 0 Å². The predicted octanol–water partition coefficient (Wildman–Crippen LogP) is 2.51. The fraction of sp³-hybridized carbons (Fsp3) is 0.500. The molecule has 7 heteroatoms. The maximum atomic E-state index is 12.1. The third-order valence-corrected chi connectivity index (χ3v) is 4.38. The molecule has 118 valence electrons. The first kappa shape index (κ1) is 17.7. The summed E-state index contributed by atoms with van der Waals surface area (Å²) in [6.07, 6.45) is 0.565. The Kier molecular flexibility index (Phi) is 5.58. The number of nitrogens with two attached hydrogens (primary N) is 1. The van der Waals surface area contributed by atoms with Crippen LogP contribution in [0.3, 0.4) is 0 Å². The van der Waals surface area contributed by atoms with Crippen molar-refractivity contribution in [3.8, 4) is 5.75 Å². The standard InChI is InChI=1S/C14H22N2O3S2/c1-14(2,3)7-8-21(17,18)16-11-6-5-10(13(15)20)9-12(11)19-4/h5-6,9,16H,7-8H2,1-4H3,(H2,15,20). The van der Waals surface area contributed by atoms with Crippen LogP contribution in [0.15, 0.2) is 18.2 Å². The topological polar surface area (TPSA) is 81.4 Å². The molecular weight excluding hydrogens is 308 g/mol. The molecule has 0 saturated heterocycles. The van der Waals surface area contributed by atoms with Gasteiger partial charge < -0.3 is 10.5 Å². The first-order valence-electron chi connectivity index (χ1n) is 6.52. The Bertz CT molecular complexity index is 620. The average molecular weight is 330 g/mol. The minimum atomic E-state index is -3.43. The molecular formula is C14H22N2O3S2. The van der Waals surface area contributed by atoms with Crippen LogP contribution in [-0.2, 0) is 10.0 Å². The lowest BCUT2D eigenvalue weighted by Crippen LogP contribution is -2.21. The molecule has 0 bridgehead atoms. The summed E-state index contributed by atoms with van der Waals surface area (Å²) in [6, 6.07) is 4.87. The van der Waals surface area contributed by atoms with Crippen LogP contribution in [0.5, 0.6) is 5.75 Å². The highest BCUT2D eigenvalue weighted by Gasteiger charge is 2.19. The van der Waals surface area contributed by atoms with Crippen LogP contribution in [0.4, 0.5) is 5.69 Å². The third-order valence-electron chi connectivity index (χ3n) is 2.87. The molecule has 0 aromatic heterocycles. The van der Waals surface area contributed by atoms with E-state index < -0.39 is 10.0 Å². The molecule has 0 saturated carbocycles. The number of hydrogen-bond donors (Lipinski definition) is 2. The minimum absolute atomic E-state index is 0.0472. The van der Waals surface area contributed by atoms with E-state index in [0.29, 0.717) is 23.4 Å². The number of ether oxygens (including phenoxy) is 1. The summed E-state index contributed by atoms with van der Waals surface area (Å²) in [5.41, 5.74) is 6.51. The van der Waals surface area contributed by atoms with Gasteiger partial charge in [-0.25, -0.2) is 8.42 Å². The van der Waals surface area contributed by atoms with E-state index in [1.165, 1.54) is 7.11 Å². The molecule has 0 aliphatic carbocycles. The van der Waals surface area contributed by atoms with E-state index in [-0.39, 0.29) is 16.2 Å². The normalized spacial score (nSPS) is 12.0. The first-order chi connectivity index (χ1) is 9.54. The number of methoxy groups -OCH3 is 1. The molecule has 1 rings (SSSR count). The molecule has 0 aliphatic rings. The molecule has 21 heavy (non-hydrogen) atoms. The van der Waals surface area contributed by atoms with Crippen LogP contribution >= 0.6 is 12.2 Å². The van der Waals surface area contributed by atoms with Crippen molar-refractivity contribution in [2.45, 2.75) is 27.2 Å². The number of rotatable bonds is 6. The average Bonchev–Trinajstić information content (AvgIpc) is 2.35. The SMILES string of the molecule is COc1cc(C(N)=S)ccc1NS(=O)(=O)CCC(C)(C)C. The van der Waals surface area contributed by atoms with Crippen molar-refractivity contribution >= 4 is 32.9 Å².